The summed E-state index contributed by atoms with van der Waals surface area (Å²) in [4.78, 5) is 30.7. The lowest BCUT2D eigenvalue weighted by Crippen LogP contribution is -2.36. The highest BCUT2D eigenvalue weighted by Gasteiger charge is 2.28. The Morgan fingerprint density at radius 3 is 2.71 bits per heavy atom. The van der Waals surface area contributed by atoms with Crippen LogP contribution in [-0.4, -0.2) is 48.9 Å². The van der Waals surface area contributed by atoms with Crippen LogP contribution in [0.15, 0.2) is 52.8 Å². The van der Waals surface area contributed by atoms with Crippen molar-refractivity contribution in [2.24, 2.45) is 0 Å². The summed E-state index contributed by atoms with van der Waals surface area (Å²) in [7, 11) is 0. The minimum atomic E-state index is -0.218. The molecule has 152 valence electrons. The molecule has 0 saturated heterocycles. The summed E-state index contributed by atoms with van der Waals surface area (Å²) in [5.74, 6) is -0.378. The number of amides is 2. The third kappa shape index (κ3) is 5.97. The number of nitrogens with one attached hydrogen (secondary N) is 1. The molecule has 2 rings (SSSR count). The van der Waals surface area contributed by atoms with Gasteiger partial charge in [-0.2, -0.15) is 0 Å². The van der Waals surface area contributed by atoms with Crippen molar-refractivity contribution in [2.75, 3.05) is 31.1 Å². The molecular formula is C22H31N3O2S. The molecular weight excluding hydrogens is 370 g/mol. The summed E-state index contributed by atoms with van der Waals surface area (Å²) in [5.41, 5.74) is 0.861. The van der Waals surface area contributed by atoms with Gasteiger partial charge in [0, 0.05) is 23.6 Å². The summed E-state index contributed by atoms with van der Waals surface area (Å²) in [6, 6.07) is 7.79. The maximum absolute atomic E-state index is 12.8. The van der Waals surface area contributed by atoms with Gasteiger partial charge in [-0.05, 0) is 51.5 Å². The lowest BCUT2D eigenvalue weighted by molar-refractivity contribution is -0.118. The van der Waals surface area contributed by atoms with Gasteiger partial charge in [-0.3, -0.25) is 9.59 Å². The van der Waals surface area contributed by atoms with Crippen molar-refractivity contribution < 1.29 is 9.59 Å². The Morgan fingerprint density at radius 2 is 2.04 bits per heavy atom. The fourth-order valence-electron chi connectivity index (χ4n) is 3.21. The number of fused-ring (bicyclic) bond motifs is 1. The maximum Gasteiger partial charge on any atom is 0.265 e. The molecule has 0 aromatic heterocycles. The number of hydrogen-bond acceptors (Lipinski definition) is 4. The number of carbonyl (C=O) groups is 2. The van der Waals surface area contributed by atoms with Crippen molar-refractivity contribution in [1.82, 2.24) is 10.2 Å². The summed E-state index contributed by atoms with van der Waals surface area (Å²) >= 11 is 1.35. The lowest BCUT2D eigenvalue weighted by Gasteiger charge is -2.29. The maximum atomic E-state index is 12.8. The van der Waals surface area contributed by atoms with Gasteiger partial charge in [-0.25, -0.2) is 0 Å². The first-order valence-corrected chi connectivity index (χ1v) is 10.8. The zero-order valence-electron chi connectivity index (χ0n) is 17.1. The molecule has 1 unspecified atom stereocenters. The van der Waals surface area contributed by atoms with Crippen LogP contribution in [0.3, 0.4) is 0 Å². The molecule has 1 heterocycles. The first kappa shape index (κ1) is 22.2. The SMILES string of the molecule is C=CCN1C(=O)C(=CC(=O)NC(C)CCCN(CC)CC)Sc2ccccc21. The molecule has 0 spiro atoms. The van der Waals surface area contributed by atoms with E-state index in [0.29, 0.717) is 11.4 Å². The molecule has 1 aliphatic rings. The van der Waals surface area contributed by atoms with Crippen LogP contribution in [0.1, 0.15) is 33.6 Å². The molecule has 6 heteroatoms. The third-order valence-corrected chi connectivity index (χ3v) is 5.88. The number of carbonyl (C=O) groups excluding carboxylic acids is 2. The second-order valence-corrected chi connectivity index (χ2v) is 7.95. The van der Waals surface area contributed by atoms with Crippen LogP contribution in [0.4, 0.5) is 5.69 Å². The van der Waals surface area contributed by atoms with Crippen molar-refractivity contribution in [3.8, 4) is 0 Å². The van der Waals surface area contributed by atoms with Gasteiger partial charge in [0.15, 0.2) is 0 Å². The molecule has 0 bridgehead atoms. The van der Waals surface area contributed by atoms with E-state index in [1.54, 1.807) is 11.0 Å². The quantitative estimate of drug-likeness (QED) is 0.478. The average Bonchev–Trinajstić information content (AvgIpc) is 2.68. The fourth-order valence-corrected chi connectivity index (χ4v) is 4.24. The van der Waals surface area contributed by atoms with E-state index in [-0.39, 0.29) is 17.9 Å². The number of benzene rings is 1. The van der Waals surface area contributed by atoms with Gasteiger partial charge < -0.3 is 15.1 Å². The zero-order valence-corrected chi connectivity index (χ0v) is 17.9. The Morgan fingerprint density at radius 1 is 1.32 bits per heavy atom. The Balaban J connectivity index is 1.99. The number of anilines is 1. The molecule has 0 saturated carbocycles. The highest BCUT2D eigenvalue weighted by molar-refractivity contribution is 8.04. The topological polar surface area (TPSA) is 52.7 Å². The molecule has 0 aliphatic carbocycles. The Kier molecular flexibility index (Phi) is 8.80. The van der Waals surface area contributed by atoms with E-state index in [1.807, 2.05) is 31.2 Å². The highest BCUT2D eigenvalue weighted by atomic mass is 32.2. The minimum Gasteiger partial charge on any atom is -0.350 e. The Hall–Kier alpha value is -2.05. The van der Waals surface area contributed by atoms with E-state index in [2.05, 4.69) is 30.6 Å². The molecule has 28 heavy (non-hydrogen) atoms. The molecule has 1 aromatic carbocycles. The van der Waals surface area contributed by atoms with Crippen LogP contribution >= 0.6 is 11.8 Å². The van der Waals surface area contributed by atoms with Crippen LogP contribution in [0.5, 0.6) is 0 Å². The minimum absolute atomic E-state index is 0.0696. The molecule has 0 fully saturated rings. The predicted molar refractivity (Wildman–Crippen MR) is 118 cm³/mol. The van der Waals surface area contributed by atoms with Crippen LogP contribution in [0, 0.1) is 0 Å². The van der Waals surface area contributed by atoms with Gasteiger partial charge in [-0.15, -0.1) is 6.58 Å². The molecule has 1 atom stereocenters. The van der Waals surface area contributed by atoms with Crippen molar-refractivity contribution in [3.63, 3.8) is 0 Å². The van der Waals surface area contributed by atoms with Crippen LogP contribution in [0.2, 0.25) is 0 Å². The normalized spacial score (nSPS) is 16.2. The second kappa shape index (κ2) is 11.1. The molecule has 2 amide bonds. The summed E-state index contributed by atoms with van der Waals surface area (Å²) in [5, 5.41) is 2.99. The zero-order chi connectivity index (χ0) is 20.5. The second-order valence-electron chi connectivity index (χ2n) is 6.86. The number of thioether (sulfide) groups is 1. The van der Waals surface area contributed by atoms with Crippen molar-refractivity contribution in [3.05, 3.63) is 47.9 Å². The van der Waals surface area contributed by atoms with Crippen LogP contribution in [0.25, 0.3) is 0 Å². The van der Waals surface area contributed by atoms with Gasteiger partial charge >= 0.3 is 0 Å². The van der Waals surface area contributed by atoms with Gasteiger partial charge in [0.2, 0.25) is 5.91 Å². The highest BCUT2D eigenvalue weighted by Crippen LogP contribution is 2.41. The van der Waals surface area contributed by atoms with Crippen LogP contribution in [-0.2, 0) is 9.59 Å². The van der Waals surface area contributed by atoms with Gasteiger partial charge in [0.05, 0.1) is 10.6 Å². The number of hydrogen-bond donors (Lipinski definition) is 1. The third-order valence-electron chi connectivity index (χ3n) is 4.80. The molecule has 0 radical (unpaired) electrons. The number of nitrogens with zero attached hydrogens (tertiary/aromatic N) is 2. The van der Waals surface area contributed by atoms with E-state index < -0.39 is 0 Å². The Bertz CT molecular complexity index is 728. The number of rotatable bonds is 10. The van der Waals surface area contributed by atoms with E-state index >= 15 is 0 Å². The van der Waals surface area contributed by atoms with Crippen molar-refractivity contribution in [2.45, 2.75) is 44.6 Å². The first-order valence-electron chi connectivity index (χ1n) is 9.94. The van der Waals surface area contributed by atoms with E-state index in [9.17, 15) is 9.59 Å². The van der Waals surface area contributed by atoms with Gasteiger partial charge in [0.1, 0.15) is 0 Å². The van der Waals surface area contributed by atoms with Crippen molar-refractivity contribution in [1.29, 1.82) is 0 Å². The lowest BCUT2D eigenvalue weighted by atomic mass is 10.1. The first-order chi connectivity index (χ1) is 13.5. The van der Waals surface area contributed by atoms with Gasteiger partial charge in [-0.1, -0.05) is 43.8 Å². The van der Waals surface area contributed by atoms with E-state index in [4.69, 9.17) is 0 Å². The summed E-state index contributed by atoms with van der Waals surface area (Å²) in [6.07, 6.45) is 5.08. The number of para-hydroxylation sites is 1. The Labute approximate surface area is 172 Å². The monoisotopic (exact) mass is 401 g/mol. The summed E-state index contributed by atoms with van der Waals surface area (Å²) in [6.45, 7) is 13.6. The van der Waals surface area contributed by atoms with Crippen LogP contribution < -0.4 is 10.2 Å². The predicted octanol–water partition coefficient (Wildman–Crippen LogP) is 3.82. The standard InChI is InChI=1S/C22H31N3O2S/c1-5-14-25-18-12-8-9-13-19(18)28-20(22(25)27)16-21(26)23-17(4)11-10-15-24(6-2)7-3/h5,8-9,12-13,16-17H,1,6-7,10-11,14-15H2,2-4H3,(H,23,26). The van der Waals surface area contributed by atoms with Gasteiger partial charge in [0.25, 0.3) is 5.91 Å². The smallest absolute Gasteiger partial charge is 0.265 e. The average molecular weight is 402 g/mol. The summed E-state index contributed by atoms with van der Waals surface area (Å²) < 4.78 is 0. The largest absolute Gasteiger partial charge is 0.350 e. The van der Waals surface area contributed by atoms with Crippen molar-refractivity contribution >= 4 is 29.3 Å². The molecule has 5 nitrogen and oxygen atoms in total. The molecule has 1 aliphatic heterocycles. The van der Waals surface area contributed by atoms with E-state index in [0.717, 1.165) is 43.1 Å². The molecule has 1 aromatic rings. The molecule has 1 N–H and O–H groups in total. The van der Waals surface area contributed by atoms with E-state index in [1.165, 1.54) is 17.8 Å². The fraction of sp³-hybridized carbons (Fsp3) is 0.455.